The summed E-state index contributed by atoms with van der Waals surface area (Å²) in [5, 5.41) is 2.24. The Morgan fingerprint density at radius 2 is 1.76 bits per heavy atom. The van der Waals surface area contributed by atoms with Crippen LogP contribution in [0.3, 0.4) is 0 Å². The highest BCUT2D eigenvalue weighted by Gasteiger charge is 2.53. The highest BCUT2D eigenvalue weighted by molar-refractivity contribution is 6.30. The quantitative estimate of drug-likeness (QED) is 0.770. The monoisotopic (exact) mass is 359 g/mol. The van der Waals surface area contributed by atoms with Crippen LogP contribution >= 0.6 is 11.6 Å². The zero-order valence-corrected chi connectivity index (χ0v) is 14.7. The highest BCUT2D eigenvalue weighted by atomic mass is 35.5. The number of nitrogens with zero attached hydrogens (tertiary/aromatic N) is 1. The van der Waals surface area contributed by atoms with E-state index < -0.39 is 11.8 Å². The Hall–Kier alpha value is -2.37. The summed E-state index contributed by atoms with van der Waals surface area (Å²) in [6.45, 7) is 2.62. The molecule has 0 radical (unpaired) electrons. The third-order valence-corrected chi connectivity index (χ3v) is 4.35. The van der Waals surface area contributed by atoms with Gasteiger partial charge in [-0.15, -0.1) is 0 Å². The van der Waals surface area contributed by atoms with E-state index in [9.17, 15) is 9.59 Å². The Morgan fingerprint density at radius 1 is 1.12 bits per heavy atom. The molecule has 0 aromatic heterocycles. The molecule has 2 aromatic carbocycles. The summed E-state index contributed by atoms with van der Waals surface area (Å²) in [6, 6.07) is 16.4. The maximum Gasteiger partial charge on any atom is 0.305 e. The van der Waals surface area contributed by atoms with Crippen LogP contribution in [0.2, 0.25) is 5.02 Å². The molecule has 0 unspecified atom stereocenters. The van der Waals surface area contributed by atoms with Gasteiger partial charge in [0.05, 0.1) is 18.2 Å². The molecule has 1 aliphatic heterocycles. The van der Waals surface area contributed by atoms with E-state index in [4.69, 9.17) is 21.2 Å². The van der Waals surface area contributed by atoms with Gasteiger partial charge in [0.25, 0.3) is 5.79 Å². The summed E-state index contributed by atoms with van der Waals surface area (Å²) in [5.41, 5.74) is 1.67. The molecule has 130 valence electrons. The molecule has 0 amide bonds. The molecule has 25 heavy (non-hydrogen) atoms. The SMILES string of the molecule is CC(=O)O[C@]1(C(C)=O)C[C@H](c2ccc(Cl)cc2)N(c2ccccc2)O1. The molecule has 1 fully saturated rings. The fourth-order valence-electron chi connectivity index (χ4n) is 2.92. The molecule has 0 N–H and O–H groups in total. The van der Waals surface area contributed by atoms with E-state index in [1.165, 1.54) is 13.8 Å². The van der Waals surface area contributed by atoms with E-state index in [1.807, 2.05) is 42.5 Å². The molecular formula is C19H18ClNO4. The van der Waals surface area contributed by atoms with E-state index in [-0.39, 0.29) is 18.2 Å². The predicted octanol–water partition coefficient (Wildman–Crippen LogP) is 4.07. The topological polar surface area (TPSA) is 55.8 Å². The molecule has 5 nitrogen and oxygen atoms in total. The lowest BCUT2D eigenvalue weighted by Crippen LogP contribution is -2.42. The summed E-state index contributed by atoms with van der Waals surface area (Å²) >= 11 is 5.98. The average Bonchev–Trinajstić information content (AvgIpc) is 2.96. The molecule has 1 aliphatic rings. The van der Waals surface area contributed by atoms with Crippen molar-refractivity contribution in [2.75, 3.05) is 5.06 Å². The van der Waals surface area contributed by atoms with Gasteiger partial charge >= 0.3 is 5.97 Å². The van der Waals surface area contributed by atoms with Crippen LogP contribution < -0.4 is 5.06 Å². The first-order valence-corrected chi connectivity index (χ1v) is 8.28. The number of rotatable bonds is 4. The van der Waals surface area contributed by atoms with Gasteiger partial charge in [0.2, 0.25) is 5.78 Å². The molecule has 0 spiro atoms. The Balaban J connectivity index is 2.04. The Morgan fingerprint density at radius 3 is 2.32 bits per heavy atom. The van der Waals surface area contributed by atoms with Gasteiger partial charge in [-0.1, -0.05) is 41.9 Å². The minimum atomic E-state index is -1.63. The summed E-state index contributed by atoms with van der Waals surface area (Å²) in [4.78, 5) is 29.7. The molecule has 2 atom stereocenters. The van der Waals surface area contributed by atoms with Crippen LogP contribution in [-0.4, -0.2) is 17.5 Å². The Labute approximate surface area is 151 Å². The second-order valence-corrected chi connectivity index (χ2v) is 6.36. The lowest BCUT2D eigenvalue weighted by molar-refractivity contribution is -0.213. The number of halogens is 1. The third-order valence-electron chi connectivity index (χ3n) is 4.10. The second kappa shape index (κ2) is 6.86. The molecule has 1 saturated heterocycles. The summed E-state index contributed by atoms with van der Waals surface area (Å²) in [5.74, 6) is -2.56. The summed E-state index contributed by atoms with van der Waals surface area (Å²) in [7, 11) is 0. The van der Waals surface area contributed by atoms with Crippen molar-refractivity contribution in [2.24, 2.45) is 0 Å². The zero-order chi connectivity index (χ0) is 18.0. The van der Waals surface area contributed by atoms with Crippen LogP contribution in [0.15, 0.2) is 54.6 Å². The minimum absolute atomic E-state index is 0.193. The first-order chi connectivity index (χ1) is 11.9. The van der Waals surface area contributed by atoms with Crippen LogP contribution in [0.1, 0.15) is 31.9 Å². The van der Waals surface area contributed by atoms with Crippen LogP contribution in [0.25, 0.3) is 0 Å². The van der Waals surface area contributed by atoms with Gasteiger partial charge in [0.15, 0.2) is 0 Å². The standard InChI is InChI=1S/C19H18ClNO4/c1-13(22)19(24-14(2)23)12-18(15-8-10-16(20)11-9-15)21(25-19)17-6-4-3-5-7-17/h3-11,18H,12H2,1-2H3/t18-,19-/m1/s1. The number of Topliss-reactive ketones (excluding diaryl/α,β-unsaturated/α-hetero) is 1. The zero-order valence-electron chi connectivity index (χ0n) is 13.9. The van der Waals surface area contributed by atoms with Crippen molar-refractivity contribution in [1.82, 2.24) is 0 Å². The Kier molecular flexibility index (Phi) is 4.79. The third kappa shape index (κ3) is 3.52. The van der Waals surface area contributed by atoms with Gasteiger partial charge in [-0.2, -0.15) is 0 Å². The van der Waals surface area contributed by atoms with Gasteiger partial charge in [-0.25, -0.2) is 9.90 Å². The van der Waals surface area contributed by atoms with Crippen molar-refractivity contribution in [2.45, 2.75) is 32.1 Å². The molecule has 2 aromatic rings. The van der Waals surface area contributed by atoms with Crippen LogP contribution in [0.5, 0.6) is 0 Å². The van der Waals surface area contributed by atoms with Crippen molar-refractivity contribution in [1.29, 1.82) is 0 Å². The van der Waals surface area contributed by atoms with Crippen molar-refractivity contribution in [3.8, 4) is 0 Å². The Bertz CT molecular complexity index is 778. The van der Waals surface area contributed by atoms with Crippen molar-refractivity contribution in [3.05, 3.63) is 65.2 Å². The van der Waals surface area contributed by atoms with E-state index >= 15 is 0 Å². The van der Waals surface area contributed by atoms with E-state index in [2.05, 4.69) is 0 Å². The first-order valence-electron chi connectivity index (χ1n) is 7.91. The maximum absolute atomic E-state index is 12.3. The largest absolute Gasteiger partial charge is 0.423 e. The molecule has 0 bridgehead atoms. The van der Waals surface area contributed by atoms with Gasteiger partial charge in [-0.3, -0.25) is 9.59 Å². The molecule has 0 saturated carbocycles. The van der Waals surface area contributed by atoms with Gasteiger partial charge in [-0.05, 0) is 29.8 Å². The number of hydrogen-bond donors (Lipinski definition) is 0. The minimum Gasteiger partial charge on any atom is -0.423 e. The molecule has 6 heteroatoms. The number of hydroxylamine groups is 1. The van der Waals surface area contributed by atoms with Crippen LogP contribution in [0.4, 0.5) is 5.69 Å². The number of ketones is 1. The predicted molar refractivity (Wildman–Crippen MR) is 94.0 cm³/mol. The highest BCUT2D eigenvalue weighted by Crippen LogP contribution is 2.44. The van der Waals surface area contributed by atoms with Gasteiger partial charge in [0, 0.05) is 18.9 Å². The lowest BCUT2D eigenvalue weighted by atomic mass is 9.97. The number of benzene rings is 2. The van der Waals surface area contributed by atoms with Crippen LogP contribution in [0, 0.1) is 0 Å². The first kappa shape index (κ1) is 17.5. The van der Waals surface area contributed by atoms with Gasteiger partial charge in [0.1, 0.15) is 0 Å². The molecule has 3 rings (SSSR count). The number of carbonyl (C=O) groups excluding carboxylic acids is 2. The van der Waals surface area contributed by atoms with E-state index in [0.717, 1.165) is 11.3 Å². The fraction of sp³-hybridized carbons (Fsp3) is 0.263. The van der Waals surface area contributed by atoms with Crippen molar-refractivity contribution in [3.63, 3.8) is 0 Å². The van der Waals surface area contributed by atoms with Crippen molar-refractivity contribution >= 4 is 29.0 Å². The average molecular weight is 360 g/mol. The number of para-hydroxylation sites is 1. The number of esters is 1. The maximum atomic E-state index is 12.3. The molecule has 0 aliphatic carbocycles. The van der Waals surface area contributed by atoms with Crippen molar-refractivity contribution < 1.29 is 19.2 Å². The molecular weight excluding hydrogens is 342 g/mol. The number of ether oxygens (including phenoxy) is 1. The smallest absolute Gasteiger partial charge is 0.305 e. The number of anilines is 1. The van der Waals surface area contributed by atoms with E-state index in [0.29, 0.717) is 5.02 Å². The number of carbonyl (C=O) groups is 2. The lowest BCUT2D eigenvalue weighted by Gasteiger charge is -2.27. The van der Waals surface area contributed by atoms with E-state index in [1.54, 1.807) is 17.2 Å². The van der Waals surface area contributed by atoms with Gasteiger partial charge < -0.3 is 4.74 Å². The van der Waals surface area contributed by atoms with Crippen LogP contribution in [-0.2, 0) is 19.2 Å². The number of hydrogen-bond acceptors (Lipinski definition) is 5. The fourth-order valence-corrected chi connectivity index (χ4v) is 3.04. The molecule has 1 heterocycles. The second-order valence-electron chi connectivity index (χ2n) is 5.93. The normalized spacial score (nSPS) is 22.7. The summed E-state index contributed by atoms with van der Waals surface area (Å²) in [6.07, 6.45) is 0.193. The summed E-state index contributed by atoms with van der Waals surface area (Å²) < 4.78 is 5.31.